The maximum atomic E-state index is 15.2. The molecule has 4 amide bonds. The fraction of sp³-hybridized carbons (Fsp3) is 0.294. The molecule has 1 N–H and O–H groups in total. The van der Waals surface area contributed by atoms with Gasteiger partial charge in [-0.3, -0.25) is 24.1 Å². The monoisotopic (exact) mass is 754 g/mol. The molecule has 4 aliphatic rings. The van der Waals surface area contributed by atoms with Crippen LogP contribution in [0.4, 0.5) is 33.3 Å². The molecule has 2 aliphatic carbocycles. The van der Waals surface area contributed by atoms with E-state index in [1.807, 2.05) is 0 Å². The van der Waals surface area contributed by atoms with E-state index in [1.165, 1.54) is 42.5 Å². The Morgan fingerprint density at radius 2 is 1.42 bits per heavy atom. The summed E-state index contributed by atoms with van der Waals surface area (Å²) in [4.78, 5) is 52.0. The van der Waals surface area contributed by atoms with E-state index in [0.717, 1.165) is 4.90 Å². The van der Waals surface area contributed by atoms with E-state index < -0.39 is 105 Å². The standard InChI is InChI=1S/C34H22Cl3F5N2O6/c35-14-5-7-15(8-6-14)43-29(46)18-10-9-16-19(21(18)30(43)47)13-33(36)31(48)44(28-26(41)24(39)23(38)25(40)27(28)42)32(49)34(33,37)22(16)17-3-1-2-4-20(17)50-12-11-45/h1-9,18-19,21-22,45H,10-13H2/t18-,19+,21-,22+,33+,34-/m0/s1. The van der Waals surface area contributed by atoms with Crippen molar-refractivity contribution in [2.75, 3.05) is 23.0 Å². The Morgan fingerprint density at radius 1 is 0.800 bits per heavy atom. The van der Waals surface area contributed by atoms with Gasteiger partial charge in [-0.1, -0.05) is 41.4 Å². The molecule has 1 saturated carbocycles. The molecule has 260 valence electrons. The first-order valence-corrected chi connectivity index (χ1v) is 16.3. The van der Waals surface area contributed by atoms with Gasteiger partial charge in [-0.05, 0) is 49.1 Å². The number of ether oxygens (including phenoxy) is 1. The van der Waals surface area contributed by atoms with Gasteiger partial charge in [0.2, 0.25) is 17.6 Å². The lowest BCUT2D eigenvalue weighted by molar-refractivity contribution is -0.125. The molecule has 3 fully saturated rings. The van der Waals surface area contributed by atoms with Crippen molar-refractivity contribution in [3.8, 4) is 5.75 Å². The molecule has 16 heteroatoms. The second-order valence-electron chi connectivity index (χ2n) is 12.3. The average Bonchev–Trinajstić information content (AvgIpc) is 3.44. The number of imide groups is 2. The summed E-state index contributed by atoms with van der Waals surface area (Å²) < 4.78 is 79.1. The van der Waals surface area contributed by atoms with E-state index in [9.17, 15) is 37.5 Å². The number of hydrogen-bond donors (Lipinski definition) is 1. The minimum absolute atomic E-state index is 0.0346. The third kappa shape index (κ3) is 4.52. The molecule has 0 spiro atoms. The van der Waals surface area contributed by atoms with Crippen molar-refractivity contribution >= 4 is 69.8 Å². The van der Waals surface area contributed by atoms with Crippen LogP contribution in [0.15, 0.2) is 60.2 Å². The summed E-state index contributed by atoms with van der Waals surface area (Å²) >= 11 is 20.3. The summed E-state index contributed by atoms with van der Waals surface area (Å²) in [5, 5.41) is 9.82. The van der Waals surface area contributed by atoms with Gasteiger partial charge in [-0.25, -0.2) is 26.9 Å². The Kier molecular flexibility index (Phi) is 8.28. The second kappa shape index (κ2) is 12.0. The number of allylic oxidation sites excluding steroid dienone is 2. The minimum Gasteiger partial charge on any atom is -0.491 e. The maximum Gasteiger partial charge on any atom is 0.258 e. The highest BCUT2D eigenvalue weighted by Gasteiger charge is 2.77. The Labute approximate surface area is 294 Å². The number of halogens is 8. The number of benzene rings is 3. The highest BCUT2D eigenvalue weighted by atomic mass is 35.5. The summed E-state index contributed by atoms with van der Waals surface area (Å²) in [6, 6.07) is 11.9. The highest BCUT2D eigenvalue weighted by Crippen LogP contribution is 2.66. The van der Waals surface area contributed by atoms with Gasteiger partial charge in [0.05, 0.1) is 24.1 Å². The molecule has 0 radical (unpaired) electrons. The van der Waals surface area contributed by atoms with Crippen LogP contribution >= 0.6 is 34.8 Å². The zero-order valence-corrected chi connectivity index (χ0v) is 27.5. The molecule has 0 aromatic heterocycles. The van der Waals surface area contributed by atoms with Crippen LogP contribution in [0.2, 0.25) is 5.02 Å². The van der Waals surface area contributed by atoms with E-state index in [4.69, 9.17) is 39.5 Å². The van der Waals surface area contributed by atoms with E-state index in [-0.39, 0.29) is 40.5 Å². The predicted octanol–water partition coefficient (Wildman–Crippen LogP) is 6.17. The zero-order valence-electron chi connectivity index (χ0n) is 25.2. The van der Waals surface area contributed by atoms with Crippen LogP contribution in [0.3, 0.4) is 0 Å². The quantitative estimate of drug-likeness (QED) is 0.0806. The van der Waals surface area contributed by atoms with Crippen LogP contribution in [-0.2, 0) is 19.2 Å². The molecule has 8 nitrogen and oxygen atoms in total. The van der Waals surface area contributed by atoms with E-state index in [1.54, 1.807) is 12.1 Å². The largest absolute Gasteiger partial charge is 0.491 e. The van der Waals surface area contributed by atoms with E-state index in [0.29, 0.717) is 5.02 Å². The number of carbonyl (C=O) groups excluding carboxylic acids is 4. The minimum atomic E-state index is -2.71. The van der Waals surface area contributed by atoms with Crippen molar-refractivity contribution in [3.63, 3.8) is 0 Å². The van der Waals surface area contributed by atoms with Gasteiger partial charge in [0.25, 0.3) is 11.8 Å². The number of rotatable bonds is 6. The molecule has 6 atom stereocenters. The maximum absolute atomic E-state index is 15.2. The Balaban J connectivity index is 1.44. The number of aliphatic hydroxyl groups excluding tert-OH is 1. The molecule has 7 rings (SSSR count). The fourth-order valence-electron chi connectivity index (χ4n) is 7.76. The van der Waals surface area contributed by atoms with Gasteiger partial charge in [0, 0.05) is 16.5 Å². The summed E-state index contributed by atoms with van der Waals surface area (Å²) in [5.74, 6) is -21.5. The highest BCUT2D eigenvalue weighted by molar-refractivity contribution is 6.58. The number of carbonyl (C=O) groups is 4. The average molecular weight is 756 g/mol. The third-order valence-electron chi connectivity index (χ3n) is 9.89. The third-order valence-corrected chi connectivity index (χ3v) is 11.6. The first kappa shape index (κ1) is 34.4. The molecule has 2 saturated heterocycles. The number of fused-ring (bicyclic) bond motifs is 4. The van der Waals surface area contributed by atoms with Crippen LogP contribution in [0, 0.1) is 46.8 Å². The number of para-hydroxylation sites is 1. The lowest BCUT2D eigenvalue weighted by atomic mass is 9.56. The second-order valence-corrected chi connectivity index (χ2v) is 14.0. The van der Waals surface area contributed by atoms with Crippen molar-refractivity contribution in [3.05, 3.63) is 99.9 Å². The summed E-state index contributed by atoms with van der Waals surface area (Å²) in [6.45, 7) is -0.688. The molecular weight excluding hydrogens is 734 g/mol. The lowest BCUT2D eigenvalue weighted by Crippen LogP contribution is -2.60. The van der Waals surface area contributed by atoms with Crippen LogP contribution < -0.4 is 14.5 Å². The zero-order chi connectivity index (χ0) is 36.0. The predicted molar refractivity (Wildman–Crippen MR) is 169 cm³/mol. The van der Waals surface area contributed by atoms with E-state index >= 15 is 8.78 Å². The number of alkyl halides is 2. The Hall–Kier alpha value is -4.04. The Morgan fingerprint density at radius 3 is 2.06 bits per heavy atom. The van der Waals surface area contributed by atoms with Crippen molar-refractivity contribution in [2.24, 2.45) is 17.8 Å². The van der Waals surface area contributed by atoms with Gasteiger partial charge in [0.15, 0.2) is 33.0 Å². The number of anilines is 2. The van der Waals surface area contributed by atoms with Crippen molar-refractivity contribution in [2.45, 2.75) is 28.5 Å². The molecule has 3 aromatic carbocycles. The molecule has 50 heavy (non-hydrogen) atoms. The number of hydrogen-bond acceptors (Lipinski definition) is 6. The number of aliphatic hydroxyl groups is 1. The van der Waals surface area contributed by atoms with Gasteiger partial charge < -0.3 is 9.84 Å². The molecule has 0 bridgehead atoms. The number of amides is 4. The molecule has 3 aromatic rings. The summed E-state index contributed by atoms with van der Waals surface area (Å²) in [7, 11) is 0. The van der Waals surface area contributed by atoms with Crippen LogP contribution in [0.5, 0.6) is 5.75 Å². The van der Waals surface area contributed by atoms with Gasteiger partial charge >= 0.3 is 0 Å². The summed E-state index contributed by atoms with van der Waals surface area (Å²) in [6.07, 6.45) is 0.896. The lowest BCUT2D eigenvalue weighted by Gasteiger charge is -2.50. The van der Waals surface area contributed by atoms with Crippen molar-refractivity contribution < 1.29 is 51.0 Å². The topological polar surface area (TPSA) is 104 Å². The van der Waals surface area contributed by atoms with Gasteiger partial charge in [-0.2, -0.15) is 0 Å². The van der Waals surface area contributed by atoms with Crippen LogP contribution in [0.25, 0.3) is 0 Å². The van der Waals surface area contributed by atoms with Crippen LogP contribution in [-0.4, -0.2) is 51.7 Å². The van der Waals surface area contributed by atoms with Crippen molar-refractivity contribution in [1.29, 1.82) is 0 Å². The summed E-state index contributed by atoms with van der Waals surface area (Å²) in [5.41, 5.74) is -1.29. The first-order chi connectivity index (χ1) is 23.7. The van der Waals surface area contributed by atoms with Crippen molar-refractivity contribution in [1.82, 2.24) is 0 Å². The normalized spacial score (nSPS) is 28.9. The van der Waals surface area contributed by atoms with E-state index in [2.05, 4.69) is 0 Å². The molecule has 0 unspecified atom stereocenters. The molecular formula is C34H22Cl3F5N2O6. The number of nitrogens with zero attached hydrogens (tertiary/aromatic N) is 2. The Bertz CT molecular complexity index is 2020. The fourth-order valence-corrected chi connectivity index (χ4v) is 8.82. The SMILES string of the molecule is O=C1[C@H]2[C@H](CC=C3[C@H]2C[C@@]2(Cl)C(=O)N(c4c(F)c(F)c(F)c(F)c4F)C(=O)[C@@]2(Cl)[C@H]3c2ccccc2OCCO)C(=O)N1c1ccc(Cl)cc1. The smallest absolute Gasteiger partial charge is 0.258 e. The van der Waals surface area contributed by atoms with Crippen LogP contribution in [0.1, 0.15) is 24.3 Å². The molecule has 2 heterocycles. The first-order valence-electron chi connectivity index (χ1n) is 15.1. The van der Waals surface area contributed by atoms with Gasteiger partial charge in [-0.15, -0.1) is 23.2 Å². The van der Waals surface area contributed by atoms with Gasteiger partial charge in [0.1, 0.15) is 18.0 Å². The molecule has 2 aliphatic heterocycles.